The molecule has 0 radical (unpaired) electrons. The third-order valence-electron chi connectivity index (χ3n) is 4.06. The molecule has 2 atom stereocenters. The molecule has 2 nitrogen and oxygen atoms in total. The summed E-state index contributed by atoms with van der Waals surface area (Å²) in [6, 6.07) is 10.5. The summed E-state index contributed by atoms with van der Waals surface area (Å²) in [5.74, 6) is 1.16. The summed E-state index contributed by atoms with van der Waals surface area (Å²) >= 11 is 13.1. The van der Waals surface area contributed by atoms with E-state index < -0.39 is 0 Å². The Bertz CT molecular complexity index is 831. The Labute approximate surface area is 153 Å². The van der Waals surface area contributed by atoms with Gasteiger partial charge in [-0.1, -0.05) is 35.9 Å². The predicted molar refractivity (Wildman–Crippen MR) is 103 cm³/mol. The standard InChI is InChI=1S/C17H12ClIN2S/c18-10-7-12-16-14(21-17(12)20-8-10)5-4-13(19)15(16)9-2-1-3-11(22)6-9/h1-8,14,16,22H,(H,20,21). The molecule has 2 heterocycles. The van der Waals surface area contributed by atoms with Crippen LogP contribution in [0.15, 0.2) is 57.2 Å². The fraction of sp³-hybridized carbons (Fsp3) is 0.118. The Kier molecular flexibility index (Phi) is 3.71. The Morgan fingerprint density at radius 3 is 2.95 bits per heavy atom. The van der Waals surface area contributed by atoms with Crippen LogP contribution in [0.25, 0.3) is 5.57 Å². The van der Waals surface area contributed by atoms with Crippen LogP contribution in [0.2, 0.25) is 5.02 Å². The van der Waals surface area contributed by atoms with E-state index in [1.54, 1.807) is 6.20 Å². The van der Waals surface area contributed by atoms with Crippen LogP contribution in [0.4, 0.5) is 5.82 Å². The quantitative estimate of drug-likeness (QED) is 0.465. The van der Waals surface area contributed by atoms with Gasteiger partial charge in [-0.25, -0.2) is 4.98 Å². The molecule has 1 aliphatic carbocycles. The fourth-order valence-electron chi connectivity index (χ4n) is 3.16. The molecule has 4 rings (SSSR count). The number of nitrogens with one attached hydrogen (secondary N) is 1. The second-order valence-electron chi connectivity index (χ2n) is 5.41. The maximum absolute atomic E-state index is 6.17. The number of halogens is 2. The lowest BCUT2D eigenvalue weighted by molar-refractivity contribution is 0.821. The van der Waals surface area contributed by atoms with Gasteiger partial charge in [-0.2, -0.15) is 0 Å². The lowest BCUT2D eigenvalue weighted by Gasteiger charge is -2.26. The van der Waals surface area contributed by atoms with Gasteiger partial charge in [-0.3, -0.25) is 0 Å². The lowest BCUT2D eigenvalue weighted by atomic mass is 9.81. The van der Waals surface area contributed by atoms with Crippen LogP contribution in [-0.4, -0.2) is 11.0 Å². The van der Waals surface area contributed by atoms with Crippen molar-refractivity contribution >= 4 is 58.2 Å². The number of fused-ring (bicyclic) bond motifs is 3. The van der Waals surface area contributed by atoms with Crippen LogP contribution in [0.1, 0.15) is 17.0 Å². The highest BCUT2D eigenvalue weighted by Crippen LogP contribution is 2.49. The first-order valence-corrected chi connectivity index (χ1v) is 8.83. The molecule has 2 aromatic rings. The van der Waals surface area contributed by atoms with Gasteiger partial charge in [0, 0.05) is 26.2 Å². The highest BCUT2D eigenvalue weighted by Gasteiger charge is 2.37. The van der Waals surface area contributed by atoms with E-state index in [1.807, 2.05) is 18.2 Å². The average molecular weight is 439 g/mol. The second-order valence-corrected chi connectivity index (χ2v) is 7.53. The zero-order valence-electron chi connectivity index (χ0n) is 11.4. The number of benzene rings is 1. The Morgan fingerprint density at radius 1 is 1.27 bits per heavy atom. The van der Waals surface area contributed by atoms with Crippen LogP contribution in [0.3, 0.4) is 0 Å². The number of rotatable bonds is 1. The molecule has 2 aliphatic rings. The van der Waals surface area contributed by atoms with Gasteiger partial charge in [-0.15, -0.1) is 12.6 Å². The van der Waals surface area contributed by atoms with Gasteiger partial charge in [0.25, 0.3) is 0 Å². The van der Waals surface area contributed by atoms with E-state index in [2.05, 4.69) is 69.8 Å². The molecule has 0 amide bonds. The summed E-state index contributed by atoms with van der Waals surface area (Å²) in [6.45, 7) is 0. The molecule has 0 fully saturated rings. The number of hydrogen-bond donors (Lipinski definition) is 2. The second kappa shape index (κ2) is 5.58. The molecule has 110 valence electrons. The van der Waals surface area contributed by atoms with Crippen molar-refractivity contribution in [2.75, 3.05) is 5.32 Å². The maximum atomic E-state index is 6.17. The van der Waals surface area contributed by atoms with Crippen LogP contribution in [0.5, 0.6) is 0 Å². The van der Waals surface area contributed by atoms with Crippen molar-refractivity contribution in [1.29, 1.82) is 0 Å². The third kappa shape index (κ3) is 2.37. The monoisotopic (exact) mass is 438 g/mol. The first kappa shape index (κ1) is 14.6. The number of hydrogen-bond acceptors (Lipinski definition) is 3. The Hall–Kier alpha value is -0.980. The van der Waals surface area contributed by atoms with Crippen LogP contribution >= 0.6 is 46.8 Å². The van der Waals surface area contributed by atoms with Crippen LogP contribution in [0, 0.1) is 0 Å². The van der Waals surface area contributed by atoms with Crippen molar-refractivity contribution in [3.05, 3.63) is 68.4 Å². The molecule has 22 heavy (non-hydrogen) atoms. The molecular weight excluding hydrogens is 427 g/mol. The largest absolute Gasteiger partial charge is 0.363 e. The normalized spacial score (nSPS) is 22.3. The topological polar surface area (TPSA) is 24.9 Å². The molecule has 0 bridgehead atoms. The van der Waals surface area contributed by atoms with Crippen LogP contribution in [-0.2, 0) is 0 Å². The highest BCUT2D eigenvalue weighted by molar-refractivity contribution is 14.1. The Morgan fingerprint density at radius 2 is 2.14 bits per heavy atom. The number of anilines is 1. The highest BCUT2D eigenvalue weighted by atomic mass is 127. The minimum Gasteiger partial charge on any atom is -0.363 e. The van der Waals surface area contributed by atoms with E-state index in [9.17, 15) is 0 Å². The van der Waals surface area contributed by atoms with E-state index in [-0.39, 0.29) is 12.0 Å². The van der Waals surface area contributed by atoms with Crippen molar-refractivity contribution < 1.29 is 0 Å². The maximum Gasteiger partial charge on any atom is 0.130 e. The van der Waals surface area contributed by atoms with Crippen LogP contribution < -0.4 is 5.32 Å². The minimum absolute atomic E-state index is 0.220. The van der Waals surface area contributed by atoms with Crippen molar-refractivity contribution in [1.82, 2.24) is 4.98 Å². The zero-order valence-corrected chi connectivity index (χ0v) is 15.2. The fourth-order valence-corrected chi connectivity index (χ4v) is 4.40. The summed E-state index contributed by atoms with van der Waals surface area (Å²) in [5, 5.41) is 4.16. The SMILES string of the molecule is Sc1cccc(C2=C(I)C=CC3Nc4ncc(Cl)cc4C23)c1. The summed E-state index contributed by atoms with van der Waals surface area (Å²) in [6.07, 6.45) is 6.07. The summed E-state index contributed by atoms with van der Waals surface area (Å²) < 4.78 is 1.24. The molecule has 1 aromatic heterocycles. The smallest absolute Gasteiger partial charge is 0.130 e. The van der Waals surface area contributed by atoms with Gasteiger partial charge in [0.1, 0.15) is 5.82 Å². The van der Waals surface area contributed by atoms with Crippen molar-refractivity contribution in [3.63, 3.8) is 0 Å². The van der Waals surface area contributed by atoms with Crippen molar-refractivity contribution in [2.45, 2.75) is 16.9 Å². The van der Waals surface area contributed by atoms with E-state index >= 15 is 0 Å². The van der Waals surface area contributed by atoms with Gasteiger partial charge < -0.3 is 5.32 Å². The van der Waals surface area contributed by atoms with E-state index in [4.69, 9.17) is 11.6 Å². The molecule has 1 aliphatic heterocycles. The van der Waals surface area contributed by atoms with Crippen molar-refractivity contribution in [3.8, 4) is 0 Å². The van der Waals surface area contributed by atoms with Gasteiger partial charge in [0.2, 0.25) is 0 Å². The molecule has 0 saturated heterocycles. The summed E-state index contributed by atoms with van der Waals surface area (Å²) in [4.78, 5) is 5.40. The van der Waals surface area contributed by atoms with Gasteiger partial charge in [-0.05, 0) is 51.9 Å². The molecule has 0 saturated carbocycles. The third-order valence-corrected chi connectivity index (χ3v) is 5.48. The number of allylic oxidation sites excluding steroid dienone is 2. The van der Waals surface area contributed by atoms with E-state index in [0.29, 0.717) is 5.02 Å². The number of aromatic nitrogens is 1. The van der Waals surface area contributed by atoms with E-state index in [1.165, 1.54) is 14.7 Å². The molecule has 1 N–H and O–H groups in total. The molecule has 2 unspecified atom stereocenters. The van der Waals surface area contributed by atoms with Gasteiger partial charge in [0.05, 0.1) is 11.1 Å². The molecule has 1 aromatic carbocycles. The first-order valence-electron chi connectivity index (χ1n) is 6.93. The molecule has 5 heteroatoms. The minimum atomic E-state index is 0.220. The molecular formula is C17H12ClIN2S. The predicted octanol–water partition coefficient (Wildman–Crippen LogP) is 5.32. The number of nitrogens with zero attached hydrogens (tertiary/aromatic N) is 1. The molecule has 0 spiro atoms. The van der Waals surface area contributed by atoms with Gasteiger partial charge >= 0.3 is 0 Å². The number of pyridine rings is 1. The zero-order chi connectivity index (χ0) is 15.3. The Balaban J connectivity index is 1.91. The van der Waals surface area contributed by atoms with Crippen molar-refractivity contribution in [2.24, 2.45) is 0 Å². The summed E-state index contributed by atoms with van der Waals surface area (Å²) in [5.41, 5.74) is 3.67. The lowest BCUT2D eigenvalue weighted by Crippen LogP contribution is -2.21. The van der Waals surface area contributed by atoms with Gasteiger partial charge in [0.15, 0.2) is 0 Å². The first-order chi connectivity index (χ1) is 10.6. The van der Waals surface area contributed by atoms with E-state index in [0.717, 1.165) is 16.3 Å². The summed E-state index contributed by atoms with van der Waals surface area (Å²) in [7, 11) is 0. The number of thiol groups is 1. The average Bonchev–Trinajstić information content (AvgIpc) is 2.85.